The molecule has 5 heteroatoms. The van der Waals surface area contributed by atoms with Gasteiger partial charge in [0.2, 0.25) is 5.91 Å². The maximum Gasteiger partial charge on any atom is 0.307 e. The quantitative estimate of drug-likeness (QED) is 0.770. The molecule has 21 heavy (non-hydrogen) atoms. The van der Waals surface area contributed by atoms with E-state index >= 15 is 0 Å². The molecule has 0 aromatic heterocycles. The Morgan fingerprint density at radius 2 is 1.62 bits per heavy atom. The molecule has 1 fully saturated rings. The summed E-state index contributed by atoms with van der Waals surface area (Å²) in [5.74, 6) is -2.03. The van der Waals surface area contributed by atoms with Gasteiger partial charge in [0.05, 0.1) is 18.4 Å². The van der Waals surface area contributed by atoms with E-state index in [1.54, 1.807) is 0 Å². The molecule has 1 aromatic carbocycles. The Kier molecular flexibility index (Phi) is 5.33. The molecule has 0 heterocycles. The van der Waals surface area contributed by atoms with Crippen molar-refractivity contribution in [1.82, 2.24) is 5.32 Å². The first-order valence-corrected chi connectivity index (χ1v) is 7.31. The van der Waals surface area contributed by atoms with E-state index in [0.29, 0.717) is 19.4 Å². The molecule has 2 atom stereocenters. The van der Waals surface area contributed by atoms with Crippen LogP contribution in [-0.2, 0) is 22.7 Å². The summed E-state index contributed by atoms with van der Waals surface area (Å²) in [7, 11) is 0. The van der Waals surface area contributed by atoms with E-state index in [0.717, 1.165) is 24.0 Å². The molecule has 0 aliphatic heterocycles. The third kappa shape index (κ3) is 4.04. The Labute approximate surface area is 124 Å². The first kappa shape index (κ1) is 15.5. The number of nitrogens with one attached hydrogen (secondary N) is 1. The van der Waals surface area contributed by atoms with Gasteiger partial charge in [-0.2, -0.15) is 0 Å². The van der Waals surface area contributed by atoms with Crippen LogP contribution in [0.2, 0.25) is 0 Å². The van der Waals surface area contributed by atoms with Crippen LogP contribution in [0.25, 0.3) is 0 Å². The number of amides is 1. The smallest absolute Gasteiger partial charge is 0.307 e. The molecule has 1 saturated carbocycles. The van der Waals surface area contributed by atoms with E-state index in [1.165, 1.54) is 0 Å². The number of benzene rings is 1. The fraction of sp³-hybridized carbons (Fsp3) is 0.500. The monoisotopic (exact) mass is 291 g/mol. The van der Waals surface area contributed by atoms with Gasteiger partial charge in [-0.05, 0) is 24.0 Å². The number of carboxylic acid groups (broad SMARTS) is 1. The van der Waals surface area contributed by atoms with Gasteiger partial charge in [0.15, 0.2) is 0 Å². The lowest BCUT2D eigenvalue weighted by molar-refractivity contribution is -0.148. The number of aliphatic hydroxyl groups is 1. The Morgan fingerprint density at radius 3 is 2.19 bits per heavy atom. The second kappa shape index (κ2) is 7.22. The van der Waals surface area contributed by atoms with Crippen molar-refractivity contribution < 1.29 is 19.8 Å². The van der Waals surface area contributed by atoms with Crippen molar-refractivity contribution in [2.75, 3.05) is 0 Å². The third-order valence-electron chi connectivity index (χ3n) is 4.09. The number of carbonyl (C=O) groups is 2. The number of rotatable bonds is 5. The van der Waals surface area contributed by atoms with E-state index in [-0.39, 0.29) is 12.5 Å². The van der Waals surface area contributed by atoms with Crippen molar-refractivity contribution in [3.8, 4) is 0 Å². The summed E-state index contributed by atoms with van der Waals surface area (Å²) in [6, 6.07) is 7.31. The number of hydrogen-bond acceptors (Lipinski definition) is 3. The van der Waals surface area contributed by atoms with Crippen LogP contribution in [0.4, 0.5) is 0 Å². The Balaban J connectivity index is 1.91. The molecule has 3 N–H and O–H groups in total. The van der Waals surface area contributed by atoms with Crippen LogP contribution < -0.4 is 5.32 Å². The van der Waals surface area contributed by atoms with Gasteiger partial charge in [-0.15, -0.1) is 0 Å². The summed E-state index contributed by atoms with van der Waals surface area (Å²) < 4.78 is 0. The van der Waals surface area contributed by atoms with E-state index < -0.39 is 17.8 Å². The molecule has 1 amide bonds. The molecule has 0 spiro atoms. The summed E-state index contributed by atoms with van der Waals surface area (Å²) in [6.07, 6.45) is 3.02. The van der Waals surface area contributed by atoms with E-state index in [1.807, 2.05) is 24.3 Å². The highest BCUT2D eigenvalue weighted by atomic mass is 16.4. The van der Waals surface area contributed by atoms with Crippen LogP contribution in [-0.4, -0.2) is 22.1 Å². The molecule has 1 aromatic rings. The maximum atomic E-state index is 12.2. The Hall–Kier alpha value is -1.88. The van der Waals surface area contributed by atoms with E-state index in [9.17, 15) is 14.7 Å². The molecule has 1 aliphatic carbocycles. The van der Waals surface area contributed by atoms with Crippen molar-refractivity contribution in [2.24, 2.45) is 11.8 Å². The molecule has 1 aliphatic rings. The first-order chi connectivity index (χ1) is 10.1. The molecular formula is C16H21NO4. The fourth-order valence-electron chi connectivity index (χ4n) is 2.82. The van der Waals surface area contributed by atoms with Gasteiger partial charge >= 0.3 is 5.97 Å². The average molecular weight is 291 g/mol. The molecule has 2 unspecified atom stereocenters. The van der Waals surface area contributed by atoms with E-state index in [2.05, 4.69) is 5.32 Å². The van der Waals surface area contributed by atoms with Crippen LogP contribution in [0.1, 0.15) is 36.8 Å². The van der Waals surface area contributed by atoms with Crippen molar-refractivity contribution in [3.63, 3.8) is 0 Å². The van der Waals surface area contributed by atoms with Gasteiger partial charge in [0, 0.05) is 6.54 Å². The number of carboxylic acids is 1. The highest BCUT2D eigenvalue weighted by Crippen LogP contribution is 2.30. The van der Waals surface area contributed by atoms with Crippen molar-refractivity contribution in [3.05, 3.63) is 35.4 Å². The minimum absolute atomic E-state index is 0.00496. The first-order valence-electron chi connectivity index (χ1n) is 7.31. The van der Waals surface area contributed by atoms with Crippen LogP contribution in [0.3, 0.4) is 0 Å². The van der Waals surface area contributed by atoms with Crippen molar-refractivity contribution >= 4 is 11.9 Å². The average Bonchev–Trinajstić information content (AvgIpc) is 2.53. The lowest BCUT2D eigenvalue weighted by Crippen LogP contribution is -2.39. The number of aliphatic carboxylic acids is 1. The summed E-state index contributed by atoms with van der Waals surface area (Å²) in [6.45, 7) is 0.377. The highest BCUT2D eigenvalue weighted by Gasteiger charge is 2.35. The normalized spacial score (nSPS) is 21.8. The third-order valence-corrected chi connectivity index (χ3v) is 4.09. The van der Waals surface area contributed by atoms with Gasteiger partial charge in [0.25, 0.3) is 0 Å². The van der Waals surface area contributed by atoms with Crippen LogP contribution in [0.15, 0.2) is 24.3 Å². The van der Waals surface area contributed by atoms with Gasteiger partial charge < -0.3 is 15.5 Å². The summed E-state index contributed by atoms with van der Waals surface area (Å²) in [5, 5.41) is 21.0. The van der Waals surface area contributed by atoms with Gasteiger partial charge in [-0.1, -0.05) is 37.1 Å². The standard InChI is InChI=1S/C16H21NO4/c18-10-12-7-5-11(6-8-12)9-17-15(19)13-3-1-2-4-14(13)16(20)21/h5-8,13-14,18H,1-4,9-10H2,(H,17,19)(H,20,21). The second-order valence-electron chi connectivity index (χ2n) is 5.53. The lowest BCUT2D eigenvalue weighted by Gasteiger charge is -2.27. The zero-order valence-electron chi connectivity index (χ0n) is 11.9. The predicted octanol–water partition coefficient (Wildman–Crippen LogP) is 1.69. The molecule has 0 radical (unpaired) electrons. The van der Waals surface area contributed by atoms with Crippen LogP contribution >= 0.6 is 0 Å². The second-order valence-corrected chi connectivity index (χ2v) is 5.53. The Morgan fingerprint density at radius 1 is 1.05 bits per heavy atom. The molecule has 0 saturated heterocycles. The minimum Gasteiger partial charge on any atom is -0.481 e. The summed E-state index contributed by atoms with van der Waals surface area (Å²) in [4.78, 5) is 23.4. The fourth-order valence-corrected chi connectivity index (χ4v) is 2.82. The molecule has 2 rings (SSSR count). The lowest BCUT2D eigenvalue weighted by atomic mass is 9.78. The SMILES string of the molecule is O=C(O)C1CCCCC1C(=O)NCc1ccc(CO)cc1. The summed E-state index contributed by atoms with van der Waals surface area (Å²) >= 11 is 0. The van der Waals surface area contributed by atoms with Crippen molar-refractivity contribution in [2.45, 2.75) is 38.8 Å². The van der Waals surface area contributed by atoms with Gasteiger partial charge in [0.1, 0.15) is 0 Å². The van der Waals surface area contributed by atoms with E-state index in [4.69, 9.17) is 5.11 Å². The van der Waals surface area contributed by atoms with Gasteiger partial charge in [-0.3, -0.25) is 9.59 Å². The zero-order valence-corrected chi connectivity index (χ0v) is 11.9. The largest absolute Gasteiger partial charge is 0.481 e. The maximum absolute atomic E-state index is 12.2. The molecule has 114 valence electrons. The van der Waals surface area contributed by atoms with Gasteiger partial charge in [-0.25, -0.2) is 0 Å². The van der Waals surface area contributed by atoms with Crippen LogP contribution in [0.5, 0.6) is 0 Å². The zero-order chi connectivity index (χ0) is 15.2. The van der Waals surface area contributed by atoms with Crippen molar-refractivity contribution in [1.29, 1.82) is 0 Å². The highest BCUT2D eigenvalue weighted by molar-refractivity contribution is 5.84. The Bertz CT molecular complexity index is 498. The number of aliphatic hydroxyl groups excluding tert-OH is 1. The number of hydrogen-bond donors (Lipinski definition) is 3. The van der Waals surface area contributed by atoms with Crippen LogP contribution in [0, 0.1) is 11.8 Å². The molecular weight excluding hydrogens is 270 g/mol. The minimum atomic E-state index is -0.873. The number of carbonyl (C=O) groups excluding carboxylic acids is 1. The molecule has 0 bridgehead atoms. The molecule has 5 nitrogen and oxygen atoms in total. The predicted molar refractivity (Wildman–Crippen MR) is 77.3 cm³/mol. The topological polar surface area (TPSA) is 86.6 Å². The summed E-state index contributed by atoms with van der Waals surface area (Å²) in [5.41, 5.74) is 1.76.